The molecular formula is C27H28N6O5S. The first kappa shape index (κ1) is 26.6. The van der Waals surface area contributed by atoms with Gasteiger partial charge in [-0.05, 0) is 31.0 Å². The zero-order valence-electron chi connectivity index (χ0n) is 21.5. The monoisotopic (exact) mass is 548 g/mol. The number of aliphatic hydroxyl groups excluding tert-OH is 1. The third kappa shape index (κ3) is 4.58. The van der Waals surface area contributed by atoms with Crippen molar-refractivity contribution in [2.45, 2.75) is 38.0 Å². The minimum Gasteiger partial charge on any atom is -0.392 e. The molecule has 3 heterocycles. The average Bonchev–Trinajstić information content (AvgIpc) is 3.53. The van der Waals surface area contributed by atoms with Gasteiger partial charge < -0.3 is 10.0 Å². The van der Waals surface area contributed by atoms with E-state index in [2.05, 4.69) is 11.2 Å². The van der Waals surface area contributed by atoms with Gasteiger partial charge in [0.25, 0.3) is 5.91 Å². The number of hydrogen-bond donors (Lipinski definition) is 1. The van der Waals surface area contributed by atoms with Crippen LogP contribution in [0.2, 0.25) is 0 Å². The molecule has 39 heavy (non-hydrogen) atoms. The summed E-state index contributed by atoms with van der Waals surface area (Å²) in [4.78, 5) is 28.6. The molecule has 1 N–H and O–H groups in total. The Morgan fingerprint density at radius 1 is 1.15 bits per heavy atom. The number of carbonyl (C=O) groups excluding carboxylic acids is 2. The van der Waals surface area contributed by atoms with E-state index in [0.29, 0.717) is 18.5 Å². The number of hydrogen-bond acceptors (Lipinski definition) is 8. The lowest BCUT2D eigenvalue weighted by Gasteiger charge is -2.44. The van der Waals surface area contributed by atoms with Gasteiger partial charge in [-0.3, -0.25) is 9.59 Å². The van der Waals surface area contributed by atoms with Crippen LogP contribution in [0.15, 0.2) is 60.7 Å². The molecular weight excluding hydrogens is 520 g/mol. The maximum absolute atomic E-state index is 13.6. The number of aliphatic hydroxyl groups is 1. The Morgan fingerprint density at radius 3 is 2.36 bits per heavy atom. The van der Waals surface area contributed by atoms with Gasteiger partial charge in [0.1, 0.15) is 17.6 Å². The predicted octanol–water partition coefficient (Wildman–Crippen LogP) is 1.71. The van der Waals surface area contributed by atoms with Gasteiger partial charge in [-0.2, -0.15) is 27.8 Å². The van der Waals surface area contributed by atoms with Gasteiger partial charge in [0, 0.05) is 32.2 Å². The molecule has 12 heteroatoms. The van der Waals surface area contributed by atoms with Crippen molar-refractivity contribution in [1.82, 2.24) is 18.4 Å². The Bertz CT molecular complexity index is 1550. The highest BCUT2D eigenvalue weighted by Crippen LogP contribution is 2.42. The van der Waals surface area contributed by atoms with Gasteiger partial charge in [0.05, 0.1) is 17.8 Å². The molecule has 0 aliphatic carbocycles. The highest BCUT2D eigenvalue weighted by Gasteiger charge is 2.56. The summed E-state index contributed by atoms with van der Waals surface area (Å²) in [7, 11) is -2.42. The minimum atomic E-state index is -4.15. The number of β-amino-alcohol motifs (C(OH)–C–C–N with tert-alkyl or cyclic N) is 1. The van der Waals surface area contributed by atoms with Crippen molar-refractivity contribution in [1.29, 1.82) is 5.26 Å². The maximum Gasteiger partial charge on any atom is 0.306 e. The van der Waals surface area contributed by atoms with E-state index in [1.54, 1.807) is 49.2 Å². The molecule has 0 saturated carbocycles. The zero-order chi connectivity index (χ0) is 27.9. The van der Waals surface area contributed by atoms with Crippen molar-refractivity contribution in [3.05, 3.63) is 83.0 Å². The smallest absolute Gasteiger partial charge is 0.306 e. The molecule has 2 aromatic carbocycles. The van der Waals surface area contributed by atoms with E-state index in [9.17, 15) is 28.4 Å². The molecule has 0 spiro atoms. The largest absolute Gasteiger partial charge is 0.392 e. The van der Waals surface area contributed by atoms with E-state index in [0.717, 1.165) is 18.9 Å². The molecule has 2 aliphatic heterocycles. The van der Waals surface area contributed by atoms with Crippen LogP contribution < -0.4 is 4.90 Å². The van der Waals surface area contributed by atoms with Crippen LogP contribution in [0.5, 0.6) is 0 Å². The van der Waals surface area contributed by atoms with Crippen LogP contribution in [-0.2, 0) is 21.5 Å². The number of nitriles is 1. The molecule has 0 radical (unpaired) electrons. The number of β-lactam (4-membered cyclic amide) rings is 1. The summed E-state index contributed by atoms with van der Waals surface area (Å²) in [5.41, 5.74) is 1.37. The number of carbonyl (C=O) groups is 2. The van der Waals surface area contributed by atoms with Crippen molar-refractivity contribution < 1.29 is 23.1 Å². The van der Waals surface area contributed by atoms with E-state index in [1.807, 2.05) is 30.3 Å². The Morgan fingerprint density at radius 2 is 1.79 bits per heavy atom. The Kier molecular flexibility index (Phi) is 6.98. The Balaban J connectivity index is 1.55. The molecule has 3 unspecified atom stereocenters. The number of anilines is 1. The van der Waals surface area contributed by atoms with Gasteiger partial charge in [0.2, 0.25) is 5.91 Å². The van der Waals surface area contributed by atoms with Gasteiger partial charge in [-0.25, -0.2) is 4.31 Å². The fraction of sp³-hybridized carbons (Fsp3) is 0.333. The lowest BCUT2D eigenvalue weighted by Crippen LogP contribution is -2.63. The molecule has 1 amide bonds. The molecule has 3 atom stereocenters. The Hall–Kier alpha value is -4.05. The first-order valence-electron chi connectivity index (χ1n) is 12.5. The lowest BCUT2D eigenvalue weighted by molar-refractivity contribution is -0.140. The number of rotatable bonds is 7. The van der Waals surface area contributed by atoms with Crippen LogP contribution in [0.1, 0.15) is 46.4 Å². The summed E-state index contributed by atoms with van der Waals surface area (Å²) in [6.45, 7) is 1.96. The second kappa shape index (κ2) is 10.3. The first-order chi connectivity index (χ1) is 18.6. The normalized spacial score (nSPS) is 21.4. The summed E-state index contributed by atoms with van der Waals surface area (Å²) in [5, 5.41) is 24.5. The van der Waals surface area contributed by atoms with Crippen molar-refractivity contribution in [2.75, 3.05) is 25.0 Å². The number of amides is 1. The zero-order valence-corrected chi connectivity index (χ0v) is 22.3. The maximum atomic E-state index is 13.6. The molecule has 2 fully saturated rings. The predicted molar refractivity (Wildman–Crippen MR) is 142 cm³/mol. The van der Waals surface area contributed by atoms with Crippen molar-refractivity contribution in [3.63, 3.8) is 0 Å². The first-order valence-corrected chi connectivity index (χ1v) is 13.9. The summed E-state index contributed by atoms with van der Waals surface area (Å²) < 4.78 is 29.3. The van der Waals surface area contributed by atoms with Crippen LogP contribution in [-0.4, -0.2) is 76.0 Å². The second-order valence-electron chi connectivity index (χ2n) is 9.78. The summed E-state index contributed by atoms with van der Waals surface area (Å²) >= 11 is 0. The van der Waals surface area contributed by atoms with Crippen LogP contribution in [0, 0.1) is 11.3 Å². The fourth-order valence-corrected chi connectivity index (χ4v) is 7.02. The molecule has 11 nitrogen and oxygen atoms in total. The molecule has 0 bridgehead atoms. The van der Waals surface area contributed by atoms with E-state index in [4.69, 9.17) is 0 Å². The summed E-state index contributed by atoms with van der Waals surface area (Å²) in [6, 6.07) is 19.2. The van der Waals surface area contributed by atoms with Crippen LogP contribution in [0.25, 0.3) is 0 Å². The van der Waals surface area contributed by atoms with Crippen LogP contribution in [0.3, 0.4) is 0 Å². The molecule has 3 aromatic rings. The standard InChI is InChI=1S/C27H28N6O5S/c1-18-23(27(36)33(18)39(37,38)31-14-13-21(34)17-31)24-22(15-28)25(30(2)16-19-9-5-3-6-10-19)32(29-24)26(35)20-11-7-4-8-12-20/h3-12,18,21,23,34H,13-14,16-17H2,1-2H3. The average molecular weight is 549 g/mol. The third-order valence-electron chi connectivity index (χ3n) is 7.17. The number of benzene rings is 2. The lowest BCUT2D eigenvalue weighted by atomic mass is 9.87. The highest BCUT2D eigenvalue weighted by atomic mass is 32.2. The van der Waals surface area contributed by atoms with Crippen molar-refractivity contribution in [2.24, 2.45) is 0 Å². The van der Waals surface area contributed by atoms with Gasteiger partial charge >= 0.3 is 10.2 Å². The van der Waals surface area contributed by atoms with Gasteiger partial charge in [-0.1, -0.05) is 48.5 Å². The van der Waals surface area contributed by atoms with E-state index in [1.165, 1.54) is 0 Å². The molecule has 2 aliphatic rings. The third-order valence-corrected chi connectivity index (χ3v) is 9.16. The SMILES string of the molecule is CC1C(c2nn(C(=O)c3ccccc3)c(N(C)Cc3ccccc3)c2C#N)C(=O)N1S(=O)(=O)N1CCC(O)C1. The van der Waals surface area contributed by atoms with Crippen molar-refractivity contribution in [3.8, 4) is 6.07 Å². The van der Waals surface area contributed by atoms with E-state index >= 15 is 0 Å². The van der Waals surface area contributed by atoms with Crippen molar-refractivity contribution >= 4 is 27.8 Å². The molecule has 5 rings (SSSR count). The van der Waals surface area contributed by atoms with E-state index in [-0.39, 0.29) is 30.2 Å². The van der Waals surface area contributed by atoms with Gasteiger partial charge in [0.15, 0.2) is 5.82 Å². The topological polar surface area (TPSA) is 140 Å². The number of aromatic nitrogens is 2. The Labute approximate surface area is 226 Å². The summed E-state index contributed by atoms with van der Waals surface area (Å²) in [6.07, 6.45) is -0.490. The second-order valence-corrected chi connectivity index (χ2v) is 11.6. The molecule has 2 saturated heterocycles. The van der Waals surface area contributed by atoms with Crippen LogP contribution in [0.4, 0.5) is 5.82 Å². The van der Waals surface area contributed by atoms with Crippen LogP contribution >= 0.6 is 0 Å². The molecule has 1 aromatic heterocycles. The minimum absolute atomic E-state index is 0.0385. The van der Waals surface area contributed by atoms with Gasteiger partial charge in [-0.15, -0.1) is 0 Å². The van der Waals surface area contributed by atoms with E-state index < -0.39 is 40.1 Å². The molecule has 202 valence electrons. The fourth-order valence-electron chi connectivity index (χ4n) is 5.19. The quantitative estimate of drug-likeness (QED) is 0.440. The highest BCUT2D eigenvalue weighted by molar-refractivity contribution is 7.87. The summed E-state index contributed by atoms with van der Waals surface area (Å²) in [5.74, 6) is -2.03. The number of nitrogens with zero attached hydrogens (tertiary/aromatic N) is 6.